The molecule has 1 N–H and O–H groups in total. The van der Waals surface area contributed by atoms with Crippen LogP contribution in [0.15, 0.2) is 24.3 Å². The number of hydrogen-bond acceptors (Lipinski definition) is 4. The zero-order chi connectivity index (χ0) is 15.4. The topological polar surface area (TPSA) is 70.1 Å². The van der Waals surface area contributed by atoms with E-state index < -0.39 is 12.0 Å². The van der Waals surface area contributed by atoms with Gasteiger partial charge in [0.15, 0.2) is 0 Å². The van der Waals surface area contributed by atoms with Crippen molar-refractivity contribution in [2.75, 3.05) is 33.3 Å². The van der Waals surface area contributed by atoms with E-state index in [0.29, 0.717) is 37.5 Å². The summed E-state index contributed by atoms with van der Waals surface area (Å²) in [5, 5.41) is 9.00. The number of benzene rings is 1. The van der Waals surface area contributed by atoms with Gasteiger partial charge in [-0.3, -0.25) is 14.5 Å². The van der Waals surface area contributed by atoms with Gasteiger partial charge in [-0.15, -0.1) is 0 Å². The number of carboxylic acid groups (broad SMARTS) is 1. The Kier molecular flexibility index (Phi) is 4.80. The van der Waals surface area contributed by atoms with Crippen LogP contribution in [0.1, 0.15) is 17.3 Å². The number of methoxy groups -OCH3 is 1. The summed E-state index contributed by atoms with van der Waals surface area (Å²) in [4.78, 5) is 27.0. The fourth-order valence-corrected chi connectivity index (χ4v) is 2.38. The highest BCUT2D eigenvalue weighted by Gasteiger charge is 2.27. The Bertz CT molecular complexity index is 507. The van der Waals surface area contributed by atoms with Crippen molar-refractivity contribution in [1.82, 2.24) is 9.80 Å². The Morgan fingerprint density at radius 1 is 1.14 bits per heavy atom. The van der Waals surface area contributed by atoms with Gasteiger partial charge in [-0.05, 0) is 31.2 Å². The lowest BCUT2D eigenvalue weighted by Gasteiger charge is -2.36. The van der Waals surface area contributed by atoms with Gasteiger partial charge in [-0.2, -0.15) is 0 Å². The molecule has 2 rings (SSSR count). The third-order valence-corrected chi connectivity index (χ3v) is 3.84. The van der Waals surface area contributed by atoms with Gasteiger partial charge in [-0.25, -0.2) is 0 Å². The highest BCUT2D eigenvalue weighted by molar-refractivity contribution is 5.94. The molecule has 1 heterocycles. The van der Waals surface area contributed by atoms with Crippen molar-refractivity contribution in [3.05, 3.63) is 29.8 Å². The third-order valence-electron chi connectivity index (χ3n) is 3.84. The summed E-state index contributed by atoms with van der Waals surface area (Å²) in [5.41, 5.74) is 0.621. The zero-order valence-corrected chi connectivity index (χ0v) is 12.3. The molecule has 0 radical (unpaired) electrons. The molecule has 6 heteroatoms. The lowest BCUT2D eigenvalue weighted by molar-refractivity contribution is -0.143. The summed E-state index contributed by atoms with van der Waals surface area (Å²) in [5.74, 6) is -0.142. The van der Waals surface area contributed by atoms with E-state index in [2.05, 4.69) is 0 Å². The van der Waals surface area contributed by atoms with Crippen LogP contribution in [-0.2, 0) is 4.79 Å². The average Bonchev–Trinajstić information content (AvgIpc) is 2.53. The van der Waals surface area contributed by atoms with E-state index in [-0.39, 0.29) is 5.91 Å². The first-order valence-electron chi connectivity index (χ1n) is 6.93. The molecule has 0 saturated carbocycles. The largest absolute Gasteiger partial charge is 0.497 e. The molecule has 0 aromatic heterocycles. The van der Waals surface area contributed by atoms with Crippen molar-refractivity contribution in [1.29, 1.82) is 0 Å². The van der Waals surface area contributed by atoms with Crippen LogP contribution >= 0.6 is 0 Å². The van der Waals surface area contributed by atoms with Gasteiger partial charge in [0, 0.05) is 31.7 Å². The van der Waals surface area contributed by atoms with Crippen LogP contribution in [0, 0.1) is 0 Å². The minimum atomic E-state index is -0.829. The lowest BCUT2D eigenvalue weighted by atomic mass is 10.1. The molecule has 1 unspecified atom stereocenters. The van der Waals surface area contributed by atoms with Gasteiger partial charge < -0.3 is 14.7 Å². The van der Waals surface area contributed by atoms with Crippen molar-refractivity contribution in [2.24, 2.45) is 0 Å². The predicted octanol–water partition coefficient (Wildman–Crippen LogP) is 0.926. The van der Waals surface area contributed by atoms with E-state index in [1.807, 2.05) is 4.90 Å². The first kappa shape index (κ1) is 15.3. The highest BCUT2D eigenvalue weighted by atomic mass is 16.5. The second-order valence-corrected chi connectivity index (χ2v) is 5.07. The lowest BCUT2D eigenvalue weighted by Crippen LogP contribution is -2.53. The maximum atomic E-state index is 12.4. The Balaban J connectivity index is 1.95. The molecular formula is C15H20N2O4. The molecule has 1 saturated heterocycles. The van der Waals surface area contributed by atoms with Crippen LogP contribution in [0.5, 0.6) is 5.75 Å². The molecule has 1 aromatic rings. The Morgan fingerprint density at radius 3 is 2.19 bits per heavy atom. The van der Waals surface area contributed by atoms with Gasteiger partial charge in [0.2, 0.25) is 0 Å². The SMILES string of the molecule is COc1ccc(C(=O)N2CCN(C(C)C(=O)O)CC2)cc1. The Hall–Kier alpha value is -2.08. The van der Waals surface area contributed by atoms with E-state index in [9.17, 15) is 9.59 Å². The minimum Gasteiger partial charge on any atom is -0.497 e. The van der Waals surface area contributed by atoms with Gasteiger partial charge in [0.25, 0.3) is 5.91 Å². The first-order chi connectivity index (χ1) is 10.0. The number of ether oxygens (including phenoxy) is 1. The zero-order valence-electron chi connectivity index (χ0n) is 12.3. The average molecular weight is 292 g/mol. The number of amides is 1. The molecule has 1 fully saturated rings. The number of aliphatic carboxylic acids is 1. The number of nitrogens with zero attached hydrogens (tertiary/aromatic N) is 2. The van der Waals surface area contributed by atoms with E-state index in [0.717, 1.165) is 0 Å². The third kappa shape index (κ3) is 3.52. The van der Waals surface area contributed by atoms with Gasteiger partial charge in [-0.1, -0.05) is 0 Å². The second kappa shape index (κ2) is 6.58. The molecule has 21 heavy (non-hydrogen) atoms. The van der Waals surface area contributed by atoms with Gasteiger partial charge in [0.05, 0.1) is 7.11 Å². The Morgan fingerprint density at radius 2 is 1.71 bits per heavy atom. The van der Waals surface area contributed by atoms with Crippen LogP contribution < -0.4 is 4.74 Å². The summed E-state index contributed by atoms with van der Waals surface area (Å²) in [6.45, 7) is 3.92. The molecule has 0 bridgehead atoms. The number of carboxylic acids is 1. The molecule has 1 atom stereocenters. The molecule has 1 aliphatic heterocycles. The van der Waals surface area contributed by atoms with Crippen LogP contribution in [0.2, 0.25) is 0 Å². The summed E-state index contributed by atoms with van der Waals surface area (Å²) in [6.07, 6.45) is 0. The summed E-state index contributed by atoms with van der Waals surface area (Å²) >= 11 is 0. The summed E-state index contributed by atoms with van der Waals surface area (Å²) in [6, 6.07) is 6.50. The number of piperazine rings is 1. The molecule has 0 aliphatic carbocycles. The molecule has 1 amide bonds. The van der Waals surface area contributed by atoms with Crippen molar-refractivity contribution < 1.29 is 19.4 Å². The number of rotatable bonds is 4. The standard InChI is InChI=1S/C15H20N2O4/c1-11(15(19)20)16-7-9-17(10-8-16)14(18)12-3-5-13(21-2)6-4-12/h3-6,11H,7-10H2,1-2H3,(H,19,20). The fraction of sp³-hybridized carbons (Fsp3) is 0.467. The second-order valence-electron chi connectivity index (χ2n) is 5.07. The molecule has 1 aliphatic rings. The quantitative estimate of drug-likeness (QED) is 0.894. The molecule has 1 aromatic carbocycles. The van der Waals surface area contributed by atoms with E-state index in [1.165, 1.54) is 0 Å². The van der Waals surface area contributed by atoms with Crippen molar-refractivity contribution in [2.45, 2.75) is 13.0 Å². The summed E-state index contributed by atoms with van der Waals surface area (Å²) < 4.78 is 5.07. The van der Waals surface area contributed by atoms with Crippen LogP contribution in [0.3, 0.4) is 0 Å². The smallest absolute Gasteiger partial charge is 0.320 e. The first-order valence-corrected chi connectivity index (χ1v) is 6.93. The number of hydrogen-bond donors (Lipinski definition) is 1. The number of carbonyl (C=O) groups excluding carboxylic acids is 1. The van der Waals surface area contributed by atoms with E-state index >= 15 is 0 Å². The normalized spacial score (nSPS) is 17.3. The molecule has 6 nitrogen and oxygen atoms in total. The fourth-order valence-electron chi connectivity index (χ4n) is 2.38. The molecule has 114 valence electrons. The molecular weight excluding hydrogens is 272 g/mol. The predicted molar refractivity (Wildman–Crippen MR) is 77.6 cm³/mol. The maximum Gasteiger partial charge on any atom is 0.320 e. The molecule has 0 spiro atoms. The van der Waals surface area contributed by atoms with Crippen molar-refractivity contribution in [3.63, 3.8) is 0 Å². The van der Waals surface area contributed by atoms with Crippen molar-refractivity contribution >= 4 is 11.9 Å². The monoisotopic (exact) mass is 292 g/mol. The highest BCUT2D eigenvalue weighted by Crippen LogP contribution is 2.15. The number of carbonyl (C=O) groups is 2. The minimum absolute atomic E-state index is 0.0275. The van der Waals surface area contributed by atoms with Crippen LogP contribution in [-0.4, -0.2) is 66.1 Å². The van der Waals surface area contributed by atoms with E-state index in [4.69, 9.17) is 9.84 Å². The Labute approximate surface area is 123 Å². The van der Waals surface area contributed by atoms with E-state index in [1.54, 1.807) is 43.2 Å². The van der Waals surface area contributed by atoms with Gasteiger partial charge >= 0.3 is 5.97 Å². The van der Waals surface area contributed by atoms with Gasteiger partial charge in [0.1, 0.15) is 11.8 Å². The van der Waals surface area contributed by atoms with Crippen LogP contribution in [0.4, 0.5) is 0 Å². The maximum absolute atomic E-state index is 12.4. The summed E-state index contributed by atoms with van der Waals surface area (Å²) in [7, 11) is 1.58. The van der Waals surface area contributed by atoms with Crippen LogP contribution in [0.25, 0.3) is 0 Å². The van der Waals surface area contributed by atoms with Crippen molar-refractivity contribution in [3.8, 4) is 5.75 Å².